The summed E-state index contributed by atoms with van der Waals surface area (Å²) in [5, 5.41) is 6.43. The lowest BCUT2D eigenvalue weighted by molar-refractivity contribution is -0.199. The highest BCUT2D eigenvalue weighted by Gasteiger charge is 2.44. The maximum absolute atomic E-state index is 12.9. The number of aromatic nitrogens is 1. The van der Waals surface area contributed by atoms with Gasteiger partial charge in [0.05, 0.1) is 19.0 Å². The number of hydrogen-bond donors (Lipinski definition) is 2. The van der Waals surface area contributed by atoms with Gasteiger partial charge in [0.2, 0.25) is 0 Å². The van der Waals surface area contributed by atoms with Crippen LogP contribution < -0.4 is 20.4 Å². The lowest BCUT2D eigenvalue weighted by Crippen LogP contribution is -2.53. The van der Waals surface area contributed by atoms with Crippen LogP contribution in [0, 0.1) is 0 Å². The van der Waals surface area contributed by atoms with Crippen molar-refractivity contribution in [2.75, 3.05) is 25.3 Å². The molecule has 2 heterocycles. The molecule has 1 saturated heterocycles. The van der Waals surface area contributed by atoms with Gasteiger partial charge in [0.1, 0.15) is 5.75 Å². The summed E-state index contributed by atoms with van der Waals surface area (Å²) < 4.78 is 43.4. The molecule has 1 aromatic heterocycles. The number of ether oxygens (including phenoxy) is 1. The minimum absolute atomic E-state index is 0.0995. The quantitative estimate of drug-likeness (QED) is 0.662. The molecule has 2 unspecified atom stereocenters. The molecule has 2 N–H and O–H groups in total. The molecule has 0 bridgehead atoms. The minimum Gasteiger partial charge on any atom is -0.495 e. The van der Waals surface area contributed by atoms with Crippen molar-refractivity contribution in [1.82, 2.24) is 15.6 Å². The molecule has 1 aromatic carbocycles. The van der Waals surface area contributed by atoms with E-state index in [1.54, 1.807) is 12.1 Å². The third-order valence-corrected chi connectivity index (χ3v) is 5.07. The van der Waals surface area contributed by atoms with E-state index in [4.69, 9.17) is 16.3 Å². The number of rotatable bonds is 4. The number of nitrogens with zero attached hydrogens (tertiary/aromatic N) is 2. The van der Waals surface area contributed by atoms with Crippen molar-refractivity contribution >= 4 is 29.3 Å². The van der Waals surface area contributed by atoms with E-state index in [0.29, 0.717) is 36.0 Å². The Hall–Kier alpha value is -3.05. The molecule has 2 aromatic rings. The third kappa shape index (κ3) is 5.80. The van der Waals surface area contributed by atoms with Crippen molar-refractivity contribution in [3.05, 3.63) is 53.3 Å². The largest absolute Gasteiger partial charge is 0.495 e. The first-order valence-corrected chi connectivity index (χ1v) is 9.93. The summed E-state index contributed by atoms with van der Waals surface area (Å²) in [6.07, 6.45) is -3.27. The van der Waals surface area contributed by atoms with E-state index in [-0.39, 0.29) is 16.7 Å². The van der Waals surface area contributed by atoms with Gasteiger partial charge in [-0.05, 0) is 49.4 Å². The van der Waals surface area contributed by atoms with E-state index in [2.05, 4.69) is 20.5 Å². The van der Waals surface area contributed by atoms with E-state index in [1.807, 2.05) is 0 Å². The summed E-state index contributed by atoms with van der Waals surface area (Å²) >= 11 is 5.81. The zero-order valence-electron chi connectivity index (χ0n) is 16.9. The highest BCUT2D eigenvalue weighted by molar-refractivity contribution is 6.30. The first-order chi connectivity index (χ1) is 15.2. The molecule has 1 fully saturated rings. The average molecular weight is 473 g/mol. The van der Waals surface area contributed by atoms with Crippen molar-refractivity contribution in [2.24, 2.45) is 0 Å². The van der Waals surface area contributed by atoms with Gasteiger partial charge in [0, 0.05) is 29.2 Å². The van der Waals surface area contributed by atoms with Crippen LogP contribution in [0.15, 0.2) is 42.6 Å². The van der Waals surface area contributed by atoms with E-state index >= 15 is 0 Å². The van der Waals surface area contributed by atoms with Gasteiger partial charge in [-0.1, -0.05) is 11.6 Å². The van der Waals surface area contributed by atoms with Crippen molar-refractivity contribution < 1.29 is 32.3 Å². The number of benzene rings is 1. The second-order valence-corrected chi connectivity index (χ2v) is 7.36. The first kappa shape index (κ1) is 23.6. The molecule has 0 aliphatic carbocycles. The van der Waals surface area contributed by atoms with Gasteiger partial charge in [-0.25, -0.2) is 9.59 Å². The molecule has 3 rings (SSSR count). The fourth-order valence-corrected chi connectivity index (χ4v) is 3.34. The number of halogens is 4. The number of pyridine rings is 1. The fraction of sp³-hybridized carbons (Fsp3) is 0.350. The molecule has 12 heteroatoms. The number of carbonyl (C=O) groups excluding carboxylic acids is 2. The molecular formula is C20H20ClF3N4O4. The summed E-state index contributed by atoms with van der Waals surface area (Å²) in [7, 11) is 1.51. The minimum atomic E-state index is -5.28. The predicted molar refractivity (Wildman–Crippen MR) is 109 cm³/mol. The van der Waals surface area contributed by atoms with Gasteiger partial charge in [0.25, 0.3) is 0 Å². The molecule has 8 nitrogen and oxygen atoms in total. The fourth-order valence-electron chi connectivity index (χ4n) is 3.21. The SMILES string of the molecule is COc1ccc(C2CNCCC2NC(=O)N(OC(=O)C(F)(F)F)c2ccc(Cl)cc2)nc1. The number of anilines is 1. The zero-order valence-corrected chi connectivity index (χ0v) is 17.6. The van der Waals surface area contributed by atoms with Crippen LogP contribution in [0.25, 0.3) is 0 Å². The summed E-state index contributed by atoms with van der Waals surface area (Å²) in [6, 6.07) is 7.18. The Bertz CT molecular complexity index is 941. The van der Waals surface area contributed by atoms with E-state index in [9.17, 15) is 22.8 Å². The maximum Gasteiger partial charge on any atom is 0.493 e. The second-order valence-electron chi connectivity index (χ2n) is 6.93. The van der Waals surface area contributed by atoms with Crippen LogP contribution in [0.4, 0.5) is 23.7 Å². The van der Waals surface area contributed by atoms with Crippen LogP contribution in [-0.4, -0.2) is 49.4 Å². The molecule has 32 heavy (non-hydrogen) atoms. The van der Waals surface area contributed by atoms with Gasteiger partial charge in [-0.3, -0.25) is 4.98 Å². The Kier molecular flexibility index (Phi) is 7.41. The van der Waals surface area contributed by atoms with Crippen molar-refractivity contribution in [1.29, 1.82) is 0 Å². The van der Waals surface area contributed by atoms with Crippen LogP contribution >= 0.6 is 11.6 Å². The Labute approximate surface area is 186 Å². The van der Waals surface area contributed by atoms with Crippen LogP contribution in [0.5, 0.6) is 5.75 Å². The van der Waals surface area contributed by atoms with Crippen LogP contribution in [0.3, 0.4) is 0 Å². The molecule has 1 aliphatic heterocycles. The number of nitrogens with one attached hydrogen (secondary N) is 2. The number of alkyl halides is 3. The van der Waals surface area contributed by atoms with E-state index in [1.165, 1.54) is 37.6 Å². The van der Waals surface area contributed by atoms with Crippen molar-refractivity contribution in [2.45, 2.75) is 24.6 Å². The summed E-state index contributed by atoms with van der Waals surface area (Å²) in [6.45, 7) is 1.05. The summed E-state index contributed by atoms with van der Waals surface area (Å²) in [5.74, 6) is -2.24. The Morgan fingerprint density at radius 1 is 1.22 bits per heavy atom. The molecule has 172 valence electrons. The lowest BCUT2D eigenvalue weighted by Gasteiger charge is -2.33. The number of methoxy groups -OCH3 is 1. The van der Waals surface area contributed by atoms with Gasteiger partial charge in [0.15, 0.2) is 0 Å². The third-order valence-electron chi connectivity index (χ3n) is 4.82. The Balaban J connectivity index is 1.82. The Morgan fingerprint density at radius 2 is 1.94 bits per heavy atom. The molecular weight excluding hydrogens is 453 g/mol. The Morgan fingerprint density at radius 3 is 2.53 bits per heavy atom. The number of piperidine rings is 1. The number of amides is 2. The van der Waals surface area contributed by atoms with Gasteiger partial charge >= 0.3 is 18.2 Å². The highest BCUT2D eigenvalue weighted by atomic mass is 35.5. The second kappa shape index (κ2) is 10.0. The van der Waals surface area contributed by atoms with Crippen LogP contribution in [-0.2, 0) is 9.63 Å². The lowest BCUT2D eigenvalue weighted by atomic mass is 9.90. The first-order valence-electron chi connectivity index (χ1n) is 9.55. The number of hydrogen-bond acceptors (Lipinski definition) is 6. The van der Waals surface area contributed by atoms with Gasteiger partial charge < -0.3 is 20.2 Å². The topological polar surface area (TPSA) is 92.8 Å². The van der Waals surface area contributed by atoms with Crippen molar-refractivity contribution in [3.63, 3.8) is 0 Å². The molecule has 2 amide bonds. The standard InChI is InChI=1S/C20H20ClF3N4O4/c1-31-14-6-7-16(26-10-14)15-11-25-9-8-17(15)27-19(30)28(32-18(29)20(22,23)24)13-4-2-12(21)3-5-13/h2-7,10,15,17,25H,8-9,11H2,1H3,(H,27,30). The number of hydroxylamine groups is 1. The zero-order chi connectivity index (χ0) is 23.3. The number of urea groups is 1. The summed E-state index contributed by atoms with van der Waals surface area (Å²) in [4.78, 5) is 33.1. The average Bonchev–Trinajstić information content (AvgIpc) is 2.78. The smallest absolute Gasteiger partial charge is 0.493 e. The predicted octanol–water partition coefficient (Wildman–Crippen LogP) is 3.43. The van der Waals surface area contributed by atoms with E-state index < -0.39 is 24.2 Å². The van der Waals surface area contributed by atoms with Crippen LogP contribution in [0.2, 0.25) is 5.02 Å². The van der Waals surface area contributed by atoms with Gasteiger partial charge in [-0.15, -0.1) is 5.06 Å². The van der Waals surface area contributed by atoms with Crippen LogP contribution in [0.1, 0.15) is 18.0 Å². The number of carbonyl (C=O) groups is 2. The molecule has 0 spiro atoms. The van der Waals surface area contributed by atoms with Crippen molar-refractivity contribution in [3.8, 4) is 5.75 Å². The molecule has 0 radical (unpaired) electrons. The maximum atomic E-state index is 12.9. The molecule has 2 atom stereocenters. The highest BCUT2D eigenvalue weighted by Crippen LogP contribution is 2.26. The summed E-state index contributed by atoms with van der Waals surface area (Å²) in [5.41, 5.74) is 0.561. The molecule has 1 aliphatic rings. The van der Waals surface area contributed by atoms with Gasteiger partial charge in [-0.2, -0.15) is 13.2 Å². The monoisotopic (exact) mass is 472 g/mol. The van der Waals surface area contributed by atoms with E-state index in [0.717, 1.165) is 0 Å². The molecule has 0 saturated carbocycles. The normalized spacial score (nSPS) is 18.5.